The van der Waals surface area contributed by atoms with Gasteiger partial charge in [-0.25, -0.2) is 0 Å². The molecule has 0 saturated carbocycles. The van der Waals surface area contributed by atoms with Crippen LogP contribution < -0.4 is 5.32 Å². The molecule has 0 heterocycles. The summed E-state index contributed by atoms with van der Waals surface area (Å²) in [5.41, 5.74) is 1.55. The van der Waals surface area contributed by atoms with E-state index in [1.165, 1.54) is 0 Å². The summed E-state index contributed by atoms with van der Waals surface area (Å²) in [6, 6.07) is 17.4. The molecule has 2 rings (SSSR count). The average Bonchev–Trinajstić information content (AvgIpc) is 2.48. The number of nitriles is 1. The molecular weight excluding hydrogens is 316 g/mol. The van der Waals surface area contributed by atoms with Gasteiger partial charge in [-0.05, 0) is 40.5 Å². The van der Waals surface area contributed by atoms with Crippen LogP contribution in [0.25, 0.3) is 0 Å². The Balaban J connectivity index is 2.42. The zero-order valence-corrected chi connectivity index (χ0v) is 12.7. The summed E-state index contributed by atoms with van der Waals surface area (Å²) >= 11 is 3.37. The lowest BCUT2D eigenvalue weighted by Gasteiger charge is -2.31. The fourth-order valence-corrected chi connectivity index (χ4v) is 2.50. The van der Waals surface area contributed by atoms with E-state index in [4.69, 9.17) is 0 Å². The van der Waals surface area contributed by atoms with Crippen LogP contribution in [0.15, 0.2) is 53.0 Å². The van der Waals surface area contributed by atoms with Crippen molar-refractivity contribution in [3.63, 3.8) is 0 Å². The number of hydrogen-bond acceptors (Lipinski definition) is 3. The van der Waals surface area contributed by atoms with Gasteiger partial charge in [0.15, 0.2) is 0 Å². The van der Waals surface area contributed by atoms with E-state index in [-0.39, 0.29) is 6.61 Å². The molecular formula is C16H15BrN2O. The van der Waals surface area contributed by atoms with Gasteiger partial charge in [-0.3, -0.25) is 0 Å². The third-order valence-corrected chi connectivity index (χ3v) is 3.92. The first kappa shape index (κ1) is 14.6. The van der Waals surface area contributed by atoms with E-state index < -0.39 is 5.54 Å². The molecule has 0 bridgehead atoms. The van der Waals surface area contributed by atoms with E-state index in [2.05, 4.69) is 27.3 Å². The van der Waals surface area contributed by atoms with Crippen molar-refractivity contribution in [2.75, 3.05) is 11.9 Å². The summed E-state index contributed by atoms with van der Waals surface area (Å²) in [6.45, 7) is 1.83. The summed E-state index contributed by atoms with van der Waals surface area (Å²) in [6.07, 6.45) is 0. The number of aliphatic hydroxyl groups excluding tert-OH is 1. The fraction of sp³-hybridized carbons (Fsp3) is 0.188. The molecule has 1 unspecified atom stereocenters. The molecule has 0 fully saturated rings. The number of aliphatic hydroxyl groups is 1. The Morgan fingerprint density at radius 2 is 1.90 bits per heavy atom. The number of benzene rings is 2. The van der Waals surface area contributed by atoms with Gasteiger partial charge in [0.2, 0.25) is 0 Å². The van der Waals surface area contributed by atoms with Gasteiger partial charge in [-0.1, -0.05) is 36.4 Å². The summed E-state index contributed by atoms with van der Waals surface area (Å²) < 4.78 is 0.735. The number of nitrogens with zero attached hydrogens (tertiary/aromatic N) is 1. The highest BCUT2D eigenvalue weighted by Crippen LogP contribution is 2.30. The van der Waals surface area contributed by atoms with Crippen molar-refractivity contribution in [1.29, 1.82) is 5.26 Å². The van der Waals surface area contributed by atoms with Crippen molar-refractivity contribution in [3.8, 4) is 6.07 Å². The van der Waals surface area contributed by atoms with Gasteiger partial charge < -0.3 is 10.4 Å². The van der Waals surface area contributed by atoms with Crippen molar-refractivity contribution >= 4 is 21.6 Å². The molecule has 0 aromatic heterocycles. The van der Waals surface area contributed by atoms with Crippen LogP contribution in [-0.2, 0) is 5.54 Å². The maximum absolute atomic E-state index is 9.78. The Morgan fingerprint density at radius 1 is 1.20 bits per heavy atom. The number of hydrogen-bond donors (Lipinski definition) is 2. The van der Waals surface area contributed by atoms with E-state index in [1.807, 2.05) is 55.5 Å². The number of anilines is 1. The Labute approximate surface area is 127 Å². The molecule has 1 atom stereocenters. The molecule has 0 aliphatic carbocycles. The summed E-state index contributed by atoms with van der Waals surface area (Å²) in [7, 11) is 0. The van der Waals surface area contributed by atoms with E-state index in [1.54, 1.807) is 0 Å². The first-order valence-electron chi connectivity index (χ1n) is 6.24. The Morgan fingerprint density at radius 3 is 2.50 bits per heavy atom. The molecule has 102 valence electrons. The minimum Gasteiger partial charge on any atom is -0.394 e. The van der Waals surface area contributed by atoms with Gasteiger partial charge in [0.1, 0.15) is 6.07 Å². The van der Waals surface area contributed by atoms with Gasteiger partial charge in [0.25, 0.3) is 0 Å². The standard InChI is InChI=1S/C16H15BrN2O/c1-16(11-20,12-6-3-2-4-7-12)19-15-9-5-8-14(17)13(15)10-18/h2-9,19-20H,11H2,1H3. The molecule has 20 heavy (non-hydrogen) atoms. The van der Waals surface area contributed by atoms with Gasteiger partial charge in [-0.2, -0.15) is 5.26 Å². The van der Waals surface area contributed by atoms with Crippen LogP contribution in [0.2, 0.25) is 0 Å². The van der Waals surface area contributed by atoms with Gasteiger partial charge in [0, 0.05) is 4.47 Å². The normalized spacial score (nSPS) is 13.3. The largest absolute Gasteiger partial charge is 0.394 e. The third-order valence-electron chi connectivity index (χ3n) is 3.26. The third kappa shape index (κ3) is 2.84. The number of rotatable bonds is 4. The lowest BCUT2D eigenvalue weighted by molar-refractivity contribution is 0.224. The molecule has 2 aromatic rings. The van der Waals surface area contributed by atoms with Crippen molar-refractivity contribution in [3.05, 3.63) is 64.1 Å². The minimum atomic E-state index is -0.645. The average molecular weight is 331 g/mol. The van der Waals surface area contributed by atoms with Gasteiger partial charge in [0.05, 0.1) is 23.4 Å². The van der Waals surface area contributed by atoms with Crippen LogP contribution in [0.4, 0.5) is 5.69 Å². The lowest BCUT2D eigenvalue weighted by Crippen LogP contribution is -2.36. The van der Waals surface area contributed by atoms with Crippen molar-refractivity contribution in [2.45, 2.75) is 12.5 Å². The topological polar surface area (TPSA) is 56.0 Å². The summed E-state index contributed by atoms with van der Waals surface area (Å²) in [5, 5.41) is 22.3. The van der Waals surface area contributed by atoms with Crippen LogP contribution in [0, 0.1) is 11.3 Å². The zero-order valence-electron chi connectivity index (χ0n) is 11.1. The lowest BCUT2D eigenvalue weighted by atomic mass is 9.92. The second kappa shape index (κ2) is 6.08. The maximum Gasteiger partial charge on any atom is 0.103 e. The molecule has 2 aromatic carbocycles. The SMILES string of the molecule is CC(CO)(Nc1cccc(Br)c1C#N)c1ccccc1. The highest BCUT2D eigenvalue weighted by Gasteiger charge is 2.26. The van der Waals surface area contributed by atoms with Crippen molar-refractivity contribution < 1.29 is 5.11 Å². The Hall–Kier alpha value is -1.83. The fourth-order valence-electron chi connectivity index (χ4n) is 2.05. The quantitative estimate of drug-likeness (QED) is 0.899. The summed E-state index contributed by atoms with van der Waals surface area (Å²) in [5.74, 6) is 0. The van der Waals surface area contributed by atoms with Gasteiger partial charge >= 0.3 is 0 Å². The van der Waals surface area contributed by atoms with Crippen LogP contribution in [0.1, 0.15) is 18.1 Å². The highest BCUT2D eigenvalue weighted by atomic mass is 79.9. The molecule has 0 amide bonds. The van der Waals surface area contributed by atoms with Crippen LogP contribution in [-0.4, -0.2) is 11.7 Å². The molecule has 4 heteroatoms. The van der Waals surface area contributed by atoms with Crippen molar-refractivity contribution in [1.82, 2.24) is 0 Å². The molecule has 0 spiro atoms. The first-order chi connectivity index (χ1) is 9.60. The van der Waals surface area contributed by atoms with E-state index in [9.17, 15) is 10.4 Å². The number of nitrogens with one attached hydrogen (secondary N) is 1. The predicted octanol–water partition coefficient (Wildman–Crippen LogP) is 3.64. The Kier molecular flexibility index (Phi) is 4.43. The molecule has 0 saturated heterocycles. The molecule has 2 N–H and O–H groups in total. The summed E-state index contributed by atoms with van der Waals surface area (Å²) in [4.78, 5) is 0. The second-order valence-corrected chi connectivity index (χ2v) is 5.61. The zero-order chi connectivity index (χ0) is 14.6. The van der Waals surface area contributed by atoms with E-state index in [0.29, 0.717) is 11.3 Å². The molecule has 0 aliphatic heterocycles. The smallest absolute Gasteiger partial charge is 0.103 e. The molecule has 0 aliphatic rings. The van der Waals surface area contributed by atoms with E-state index in [0.717, 1.165) is 10.0 Å². The highest BCUT2D eigenvalue weighted by molar-refractivity contribution is 9.10. The molecule has 3 nitrogen and oxygen atoms in total. The predicted molar refractivity (Wildman–Crippen MR) is 83.4 cm³/mol. The first-order valence-corrected chi connectivity index (χ1v) is 7.03. The monoisotopic (exact) mass is 330 g/mol. The maximum atomic E-state index is 9.78. The van der Waals surface area contributed by atoms with Gasteiger partial charge in [-0.15, -0.1) is 0 Å². The van der Waals surface area contributed by atoms with Crippen LogP contribution in [0.5, 0.6) is 0 Å². The number of halogens is 1. The van der Waals surface area contributed by atoms with Crippen LogP contribution >= 0.6 is 15.9 Å². The van der Waals surface area contributed by atoms with E-state index >= 15 is 0 Å². The molecule has 0 radical (unpaired) electrons. The minimum absolute atomic E-state index is 0.0750. The van der Waals surface area contributed by atoms with Crippen molar-refractivity contribution in [2.24, 2.45) is 0 Å². The Bertz CT molecular complexity index is 637. The second-order valence-electron chi connectivity index (χ2n) is 4.76. The van der Waals surface area contributed by atoms with Crippen LogP contribution in [0.3, 0.4) is 0 Å².